The van der Waals surface area contributed by atoms with Gasteiger partial charge in [-0.25, -0.2) is 4.90 Å². The molecule has 29 heavy (non-hydrogen) atoms. The van der Waals surface area contributed by atoms with Gasteiger partial charge in [0.1, 0.15) is 0 Å². The number of hydrogen-bond acceptors (Lipinski definition) is 2. The summed E-state index contributed by atoms with van der Waals surface area (Å²) < 4.78 is 0. The zero-order valence-electron chi connectivity index (χ0n) is 16.3. The van der Waals surface area contributed by atoms with E-state index in [0.29, 0.717) is 10.7 Å². The largest absolute Gasteiger partial charge is 0.274 e. The highest BCUT2D eigenvalue weighted by atomic mass is 35.5. The lowest BCUT2D eigenvalue weighted by Crippen LogP contribution is -2.41. The molecule has 0 unspecified atom stereocenters. The second-order valence-corrected chi connectivity index (χ2v) is 10.6. The number of rotatable bonds is 1. The summed E-state index contributed by atoms with van der Waals surface area (Å²) in [5.74, 6) is 3.09. The summed E-state index contributed by atoms with van der Waals surface area (Å²) in [4.78, 5) is 28.3. The fourth-order valence-electron chi connectivity index (χ4n) is 8.18. The summed E-state index contributed by atoms with van der Waals surface area (Å²) in [7, 11) is 0. The molecule has 0 radical (unpaired) electrons. The number of carbonyl (C=O) groups excluding carboxylic acids is 2. The molecule has 6 bridgehead atoms. The van der Waals surface area contributed by atoms with Gasteiger partial charge in [0, 0.05) is 16.9 Å². The highest BCUT2D eigenvalue weighted by Crippen LogP contribution is 2.63. The van der Waals surface area contributed by atoms with Gasteiger partial charge in [0.15, 0.2) is 0 Å². The third-order valence-electron chi connectivity index (χ3n) is 8.83. The monoisotopic (exact) mass is 405 g/mol. The summed E-state index contributed by atoms with van der Waals surface area (Å²) in [6.07, 6.45) is 11.3. The number of anilines is 1. The van der Waals surface area contributed by atoms with Gasteiger partial charge in [-0.15, -0.1) is 0 Å². The molecule has 8 rings (SSSR count). The lowest BCUT2D eigenvalue weighted by Gasteiger charge is -2.52. The van der Waals surface area contributed by atoms with Crippen LogP contribution in [0.15, 0.2) is 47.6 Å². The number of fused-ring (bicyclic) bond motifs is 5. The Morgan fingerprint density at radius 1 is 0.793 bits per heavy atom. The third-order valence-corrected chi connectivity index (χ3v) is 9.07. The minimum absolute atomic E-state index is 0.0268. The van der Waals surface area contributed by atoms with Gasteiger partial charge in [-0.1, -0.05) is 41.0 Å². The van der Waals surface area contributed by atoms with Crippen molar-refractivity contribution in [3.05, 3.63) is 52.6 Å². The fraction of sp³-hybridized carbons (Fsp3) is 0.520. The van der Waals surface area contributed by atoms with Gasteiger partial charge in [-0.2, -0.15) is 0 Å². The minimum Gasteiger partial charge on any atom is -0.274 e. The van der Waals surface area contributed by atoms with Crippen LogP contribution in [0.2, 0.25) is 5.02 Å². The van der Waals surface area contributed by atoms with Crippen LogP contribution in [0.25, 0.3) is 0 Å². The number of benzene rings is 1. The molecule has 4 heteroatoms. The van der Waals surface area contributed by atoms with E-state index in [-0.39, 0.29) is 35.5 Å². The Morgan fingerprint density at radius 2 is 1.38 bits per heavy atom. The Balaban J connectivity index is 1.29. The van der Waals surface area contributed by atoms with Crippen molar-refractivity contribution in [2.75, 3.05) is 4.90 Å². The first-order chi connectivity index (χ1) is 14.1. The zero-order chi connectivity index (χ0) is 19.4. The minimum atomic E-state index is -0.212. The first kappa shape index (κ1) is 16.9. The van der Waals surface area contributed by atoms with Crippen LogP contribution in [0.5, 0.6) is 0 Å². The van der Waals surface area contributed by atoms with E-state index in [1.165, 1.54) is 42.6 Å². The normalized spacial score (nSPS) is 43.8. The lowest BCUT2D eigenvalue weighted by molar-refractivity contribution is -0.122. The van der Waals surface area contributed by atoms with Crippen molar-refractivity contribution >= 4 is 29.1 Å². The van der Waals surface area contributed by atoms with Crippen molar-refractivity contribution in [3.63, 3.8) is 0 Å². The SMILES string of the molecule is O=C1[C@@H]2[C@@H](C(=O)N1c1cccc(Cl)c1)[C@H]1C=C[C@@H]2C1=C1C2CC3CC(C2)CC1C3. The Hall–Kier alpha value is -1.87. The van der Waals surface area contributed by atoms with Crippen molar-refractivity contribution in [1.82, 2.24) is 0 Å². The average molecular weight is 406 g/mol. The number of hydrogen-bond donors (Lipinski definition) is 0. The summed E-state index contributed by atoms with van der Waals surface area (Å²) >= 11 is 6.13. The van der Waals surface area contributed by atoms with E-state index in [4.69, 9.17) is 11.6 Å². The maximum absolute atomic E-state index is 13.4. The van der Waals surface area contributed by atoms with Crippen molar-refractivity contribution in [2.24, 2.45) is 47.3 Å². The number of carbonyl (C=O) groups is 2. The molecule has 7 aliphatic rings. The maximum atomic E-state index is 13.4. The Bertz CT molecular complexity index is 959. The second-order valence-electron chi connectivity index (χ2n) is 10.2. The number of allylic oxidation sites excluding steroid dienone is 4. The third kappa shape index (κ3) is 2.10. The molecular weight excluding hydrogens is 382 g/mol. The summed E-state index contributed by atoms with van der Waals surface area (Å²) in [5, 5.41) is 0.553. The van der Waals surface area contributed by atoms with Gasteiger partial charge >= 0.3 is 0 Å². The highest BCUT2D eigenvalue weighted by molar-refractivity contribution is 6.31. The van der Waals surface area contributed by atoms with Crippen molar-refractivity contribution in [2.45, 2.75) is 32.1 Å². The van der Waals surface area contributed by atoms with Gasteiger partial charge in [-0.3, -0.25) is 9.59 Å². The molecule has 1 aliphatic heterocycles. The van der Waals surface area contributed by atoms with Gasteiger partial charge in [0.05, 0.1) is 17.5 Å². The van der Waals surface area contributed by atoms with Gasteiger partial charge in [-0.05, 0) is 74.0 Å². The quantitative estimate of drug-likeness (QED) is 0.486. The molecule has 6 aliphatic carbocycles. The molecule has 4 atom stereocenters. The van der Waals surface area contributed by atoms with Crippen molar-refractivity contribution in [1.29, 1.82) is 0 Å². The van der Waals surface area contributed by atoms with Gasteiger partial charge in [0.25, 0.3) is 0 Å². The molecular formula is C25H24ClNO2. The van der Waals surface area contributed by atoms with Crippen molar-refractivity contribution in [3.8, 4) is 0 Å². The van der Waals surface area contributed by atoms with E-state index < -0.39 is 0 Å². The number of halogens is 1. The van der Waals surface area contributed by atoms with E-state index in [1.807, 2.05) is 6.07 Å². The van der Waals surface area contributed by atoms with Crippen LogP contribution >= 0.6 is 11.6 Å². The summed E-state index contributed by atoms with van der Waals surface area (Å²) in [6, 6.07) is 7.12. The van der Waals surface area contributed by atoms with E-state index in [1.54, 1.807) is 23.8 Å². The van der Waals surface area contributed by atoms with Crippen LogP contribution in [0, 0.1) is 47.3 Å². The standard InChI is InChI=1S/C25H24ClNO2/c26-16-2-1-3-17(11-16)27-24(28)22-18-4-5-19(23(22)25(27)29)21(18)20-14-7-12-6-13(9-14)10-15(20)8-12/h1-5,11-15,18-19,22-23H,6-10H2/t12?,13?,14?,15?,18-,19+,22-,23-/m0/s1. The highest BCUT2D eigenvalue weighted by Gasteiger charge is 2.63. The predicted molar refractivity (Wildman–Crippen MR) is 111 cm³/mol. The molecule has 6 fully saturated rings. The number of amides is 2. The Kier molecular flexibility index (Phi) is 3.28. The summed E-state index contributed by atoms with van der Waals surface area (Å²) in [5.41, 5.74) is 3.79. The van der Waals surface area contributed by atoms with Gasteiger partial charge < -0.3 is 0 Å². The molecule has 5 saturated carbocycles. The molecule has 148 valence electrons. The van der Waals surface area contributed by atoms with Crippen LogP contribution in [-0.4, -0.2) is 11.8 Å². The maximum Gasteiger partial charge on any atom is 0.238 e. The molecule has 1 aromatic rings. The van der Waals surface area contributed by atoms with E-state index >= 15 is 0 Å². The average Bonchev–Trinajstić information content (AvgIpc) is 3.31. The zero-order valence-corrected chi connectivity index (χ0v) is 17.0. The van der Waals surface area contributed by atoms with E-state index in [0.717, 1.165) is 23.7 Å². The van der Waals surface area contributed by atoms with Crippen LogP contribution in [0.4, 0.5) is 5.69 Å². The predicted octanol–water partition coefficient (Wildman–Crippen LogP) is 5.01. The fourth-order valence-corrected chi connectivity index (χ4v) is 8.37. The Labute approximate surface area is 175 Å². The molecule has 2 amide bonds. The van der Waals surface area contributed by atoms with Gasteiger partial charge in [0.2, 0.25) is 11.8 Å². The molecule has 1 aromatic carbocycles. The number of imide groups is 1. The molecule has 1 heterocycles. The van der Waals surface area contributed by atoms with Crippen LogP contribution in [0.3, 0.4) is 0 Å². The molecule has 0 aromatic heterocycles. The second kappa shape index (κ2) is 5.63. The first-order valence-electron chi connectivity index (χ1n) is 11.2. The Morgan fingerprint density at radius 3 is 1.93 bits per heavy atom. The summed E-state index contributed by atoms with van der Waals surface area (Å²) in [6.45, 7) is 0. The molecule has 0 N–H and O–H groups in total. The molecule has 1 saturated heterocycles. The smallest absolute Gasteiger partial charge is 0.238 e. The first-order valence-corrected chi connectivity index (χ1v) is 11.5. The van der Waals surface area contributed by atoms with Crippen LogP contribution in [0.1, 0.15) is 32.1 Å². The van der Waals surface area contributed by atoms with Crippen LogP contribution < -0.4 is 4.90 Å². The number of nitrogens with zero attached hydrogens (tertiary/aromatic N) is 1. The topological polar surface area (TPSA) is 37.4 Å². The van der Waals surface area contributed by atoms with Crippen LogP contribution in [-0.2, 0) is 9.59 Å². The van der Waals surface area contributed by atoms with Crippen molar-refractivity contribution < 1.29 is 9.59 Å². The molecule has 3 nitrogen and oxygen atoms in total. The lowest BCUT2D eigenvalue weighted by atomic mass is 9.53. The molecule has 0 spiro atoms. The van der Waals surface area contributed by atoms with E-state index in [9.17, 15) is 9.59 Å². The van der Waals surface area contributed by atoms with E-state index in [2.05, 4.69) is 12.2 Å².